The molecule has 0 spiro atoms. The molecule has 1 aromatic rings. The molecule has 1 saturated carbocycles. The summed E-state index contributed by atoms with van der Waals surface area (Å²) >= 11 is 0. The van der Waals surface area contributed by atoms with Crippen molar-refractivity contribution in [3.05, 3.63) is 23.8 Å². The fraction of sp³-hybridized carbons (Fsp3) is 0.462. The number of sulfonamides is 1. The van der Waals surface area contributed by atoms with Gasteiger partial charge in [-0.2, -0.15) is 0 Å². The van der Waals surface area contributed by atoms with Crippen molar-refractivity contribution in [1.29, 1.82) is 0 Å². The van der Waals surface area contributed by atoms with E-state index in [0.717, 1.165) is 19.3 Å². The molecule has 0 amide bonds. The molecule has 0 aliphatic heterocycles. The number of carbonyl (C=O) groups is 1. The Morgan fingerprint density at radius 2 is 2.00 bits per heavy atom. The Labute approximate surface area is 118 Å². The fourth-order valence-corrected chi connectivity index (χ4v) is 2.78. The van der Waals surface area contributed by atoms with E-state index in [1.807, 2.05) is 0 Å². The van der Waals surface area contributed by atoms with Gasteiger partial charge in [-0.1, -0.05) is 0 Å². The summed E-state index contributed by atoms with van der Waals surface area (Å²) in [6.45, 7) is 0. The Kier molecular flexibility index (Phi) is 4.01. The minimum Gasteiger partial charge on any atom is -0.459 e. The minimum absolute atomic E-state index is 0.0473. The maximum Gasteiger partial charge on any atom is 0.338 e. The second kappa shape index (κ2) is 5.41. The van der Waals surface area contributed by atoms with Gasteiger partial charge in [-0.25, -0.2) is 18.4 Å². The smallest absolute Gasteiger partial charge is 0.338 e. The molecule has 20 heavy (non-hydrogen) atoms. The Morgan fingerprint density at radius 3 is 2.45 bits per heavy atom. The average molecular weight is 298 g/mol. The van der Waals surface area contributed by atoms with Gasteiger partial charge < -0.3 is 9.64 Å². The van der Waals surface area contributed by atoms with Gasteiger partial charge in [-0.3, -0.25) is 0 Å². The van der Waals surface area contributed by atoms with Crippen LogP contribution in [-0.2, 0) is 14.8 Å². The molecule has 0 radical (unpaired) electrons. The Bertz CT molecular complexity index is 621. The van der Waals surface area contributed by atoms with E-state index in [9.17, 15) is 13.2 Å². The van der Waals surface area contributed by atoms with Gasteiger partial charge in [0, 0.05) is 14.1 Å². The molecule has 0 heterocycles. The number of ether oxygens (including phenoxy) is 1. The highest BCUT2D eigenvalue weighted by atomic mass is 32.2. The van der Waals surface area contributed by atoms with Crippen molar-refractivity contribution in [2.75, 3.05) is 19.0 Å². The summed E-state index contributed by atoms with van der Waals surface area (Å²) in [5.74, 6) is -0.509. The van der Waals surface area contributed by atoms with Crippen LogP contribution in [0.1, 0.15) is 29.6 Å². The SMILES string of the molecule is CN(C)c1ccc(C(=O)OC2CCC2)cc1S(N)(=O)=O. The number of rotatable bonds is 4. The zero-order valence-corrected chi connectivity index (χ0v) is 12.3. The number of anilines is 1. The highest BCUT2D eigenvalue weighted by Crippen LogP contribution is 2.26. The first kappa shape index (κ1) is 14.8. The topological polar surface area (TPSA) is 89.7 Å². The van der Waals surface area contributed by atoms with Crippen molar-refractivity contribution in [2.45, 2.75) is 30.3 Å². The normalized spacial score (nSPS) is 15.6. The lowest BCUT2D eigenvalue weighted by Gasteiger charge is -2.25. The number of benzene rings is 1. The highest BCUT2D eigenvalue weighted by Gasteiger charge is 2.24. The Morgan fingerprint density at radius 1 is 1.35 bits per heavy atom. The van der Waals surface area contributed by atoms with Crippen molar-refractivity contribution < 1.29 is 17.9 Å². The molecular weight excluding hydrogens is 280 g/mol. The van der Waals surface area contributed by atoms with Crippen molar-refractivity contribution in [3.8, 4) is 0 Å². The second-order valence-corrected chi connectivity index (χ2v) is 6.61. The molecule has 110 valence electrons. The van der Waals surface area contributed by atoms with Gasteiger partial charge in [0.1, 0.15) is 11.0 Å². The molecule has 0 atom stereocenters. The maximum absolute atomic E-state index is 11.9. The maximum atomic E-state index is 11.9. The largest absolute Gasteiger partial charge is 0.459 e. The van der Waals surface area contributed by atoms with Crippen LogP contribution in [0.15, 0.2) is 23.1 Å². The fourth-order valence-electron chi connectivity index (χ4n) is 1.95. The Balaban J connectivity index is 2.33. The van der Waals surface area contributed by atoms with Crippen LogP contribution in [0.5, 0.6) is 0 Å². The summed E-state index contributed by atoms with van der Waals surface area (Å²) in [7, 11) is -0.495. The van der Waals surface area contributed by atoms with E-state index in [1.165, 1.54) is 6.07 Å². The molecule has 6 nitrogen and oxygen atoms in total. The summed E-state index contributed by atoms with van der Waals surface area (Å²) in [5.41, 5.74) is 0.638. The van der Waals surface area contributed by atoms with Crippen molar-refractivity contribution >= 4 is 21.7 Å². The highest BCUT2D eigenvalue weighted by molar-refractivity contribution is 7.89. The number of nitrogens with two attached hydrogens (primary N) is 1. The lowest BCUT2D eigenvalue weighted by atomic mass is 9.96. The molecule has 0 unspecified atom stereocenters. The molecule has 1 fully saturated rings. The number of esters is 1. The van der Waals surface area contributed by atoms with Crippen LogP contribution in [0, 0.1) is 0 Å². The van der Waals surface area contributed by atoms with Crippen LogP contribution >= 0.6 is 0 Å². The quantitative estimate of drug-likeness (QED) is 0.841. The first-order chi connectivity index (χ1) is 9.29. The molecular formula is C13H18N2O4S. The summed E-state index contributed by atoms with van der Waals surface area (Å²) in [5, 5.41) is 5.20. The average Bonchev–Trinajstić information content (AvgIpc) is 2.31. The second-order valence-electron chi connectivity index (χ2n) is 5.08. The number of nitrogens with zero attached hydrogens (tertiary/aromatic N) is 1. The van der Waals surface area contributed by atoms with E-state index < -0.39 is 16.0 Å². The molecule has 0 aromatic heterocycles. The van der Waals surface area contributed by atoms with E-state index in [1.54, 1.807) is 31.1 Å². The van der Waals surface area contributed by atoms with Crippen LogP contribution in [0.2, 0.25) is 0 Å². The van der Waals surface area contributed by atoms with Crippen molar-refractivity contribution in [3.63, 3.8) is 0 Å². The predicted molar refractivity (Wildman–Crippen MR) is 75.2 cm³/mol. The van der Waals surface area contributed by atoms with Gasteiger partial charge in [-0.15, -0.1) is 0 Å². The third-order valence-corrected chi connectivity index (χ3v) is 4.25. The van der Waals surface area contributed by atoms with E-state index >= 15 is 0 Å². The number of carbonyl (C=O) groups excluding carboxylic acids is 1. The number of hydrogen-bond donors (Lipinski definition) is 1. The summed E-state index contributed by atoms with van der Waals surface area (Å²) in [4.78, 5) is 13.5. The van der Waals surface area contributed by atoms with Gasteiger partial charge in [0.05, 0.1) is 11.3 Å². The summed E-state index contributed by atoms with van der Waals surface area (Å²) in [6.07, 6.45) is 2.74. The first-order valence-corrected chi connectivity index (χ1v) is 7.89. The molecule has 2 N–H and O–H groups in total. The van der Waals surface area contributed by atoms with Gasteiger partial charge in [0.2, 0.25) is 10.0 Å². The lowest BCUT2D eigenvalue weighted by molar-refractivity contribution is 0.00898. The van der Waals surface area contributed by atoms with Crippen LogP contribution in [0.3, 0.4) is 0 Å². The van der Waals surface area contributed by atoms with E-state index in [0.29, 0.717) is 5.69 Å². The third kappa shape index (κ3) is 3.10. The molecule has 1 aliphatic rings. The van der Waals surface area contributed by atoms with Crippen LogP contribution in [-0.4, -0.2) is 34.6 Å². The van der Waals surface area contributed by atoms with E-state index in [4.69, 9.17) is 9.88 Å². The lowest BCUT2D eigenvalue weighted by Crippen LogP contribution is -2.25. The van der Waals surface area contributed by atoms with E-state index in [2.05, 4.69) is 0 Å². The predicted octanol–water partition coefficient (Wildman–Crippen LogP) is 1.11. The van der Waals surface area contributed by atoms with E-state index in [-0.39, 0.29) is 16.6 Å². The number of hydrogen-bond acceptors (Lipinski definition) is 5. The van der Waals surface area contributed by atoms with Gasteiger partial charge in [0.25, 0.3) is 0 Å². The summed E-state index contributed by atoms with van der Waals surface area (Å²) < 4.78 is 28.5. The standard InChI is InChI=1S/C13H18N2O4S/c1-15(2)11-7-6-9(8-12(11)20(14,17)18)13(16)19-10-4-3-5-10/h6-8,10H,3-5H2,1-2H3,(H2,14,17,18). The molecule has 0 bridgehead atoms. The zero-order valence-electron chi connectivity index (χ0n) is 11.5. The molecule has 7 heteroatoms. The van der Waals surface area contributed by atoms with Crippen LogP contribution < -0.4 is 10.0 Å². The van der Waals surface area contributed by atoms with Gasteiger partial charge in [0.15, 0.2) is 0 Å². The third-order valence-electron chi connectivity index (χ3n) is 3.31. The van der Waals surface area contributed by atoms with Gasteiger partial charge >= 0.3 is 5.97 Å². The molecule has 0 saturated heterocycles. The minimum atomic E-state index is -3.90. The molecule has 2 rings (SSSR count). The molecule has 1 aliphatic carbocycles. The van der Waals surface area contributed by atoms with Gasteiger partial charge in [-0.05, 0) is 37.5 Å². The van der Waals surface area contributed by atoms with Crippen LogP contribution in [0.25, 0.3) is 0 Å². The first-order valence-electron chi connectivity index (χ1n) is 6.34. The molecule has 1 aromatic carbocycles. The van der Waals surface area contributed by atoms with Crippen molar-refractivity contribution in [1.82, 2.24) is 0 Å². The summed E-state index contributed by atoms with van der Waals surface area (Å²) in [6, 6.07) is 4.37. The zero-order chi connectivity index (χ0) is 14.9. The van der Waals surface area contributed by atoms with Crippen LogP contribution in [0.4, 0.5) is 5.69 Å². The van der Waals surface area contributed by atoms with Crippen molar-refractivity contribution in [2.24, 2.45) is 5.14 Å². The monoisotopic (exact) mass is 298 g/mol. The number of primary sulfonamides is 1. The Hall–Kier alpha value is -1.60.